The van der Waals surface area contributed by atoms with Gasteiger partial charge in [-0.2, -0.15) is 0 Å². The number of phenols is 2. The second-order valence-electron chi connectivity index (χ2n) is 6.34. The number of phenolic OH excluding ortho intramolecular Hbond substituents is 2. The second kappa shape index (κ2) is 7.83. The molecule has 0 heterocycles. The van der Waals surface area contributed by atoms with Gasteiger partial charge in [0.1, 0.15) is 0 Å². The topological polar surface area (TPSA) is 64.5 Å². The van der Waals surface area contributed by atoms with Gasteiger partial charge in [-0.05, 0) is 49.2 Å². The molecule has 0 radical (unpaired) electrons. The van der Waals surface area contributed by atoms with E-state index < -0.39 is 0 Å². The third-order valence-electron chi connectivity index (χ3n) is 4.75. The number of nitrogens with one attached hydrogen (secondary N) is 2. The van der Waals surface area contributed by atoms with Crippen LogP contribution in [0.2, 0.25) is 0 Å². The molecule has 3 aromatic carbocycles. The fourth-order valence-electron chi connectivity index (χ4n) is 3.02. The van der Waals surface area contributed by atoms with Crippen molar-refractivity contribution in [1.82, 2.24) is 0 Å². The minimum absolute atomic E-state index is 0.0543. The smallest absolute Gasteiger partial charge is 0.163 e. The molecule has 0 aliphatic rings. The first-order valence-corrected chi connectivity index (χ1v) is 8.68. The van der Waals surface area contributed by atoms with E-state index in [9.17, 15) is 10.2 Å². The van der Waals surface area contributed by atoms with E-state index in [1.54, 1.807) is 0 Å². The maximum Gasteiger partial charge on any atom is 0.163 e. The van der Waals surface area contributed by atoms with Crippen LogP contribution in [0, 0.1) is 13.8 Å². The highest BCUT2D eigenvalue weighted by Crippen LogP contribution is 2.38. The number of rotatable bonds is 6. The summed E-state index contributed by atoms with van der Waals surface area (Å²) in [5, 5.41) is 27.7. The Morgan fingerprint density at radius 3 is 1.31 bits per heavy atom. The van der Waals surface area contributed by atoms with Gasteiger partial charge < -0.3 is 20.8 Å². The molecule has 3 aromatic rings. The van der Waals surface area contributed by atoms with E-state index in [0.717, 1.165) is 22.5 Å². The van der Waals surface area contributed by atoms with E-state index in [1.165, 1.54) is 0 Å². The van der Waals surface area contributed by atoms with E-state index in [-0.39, 0.29) is 11.5 Å². The Hall–Kier alpha value is -3.14. The van der Waals surface area contributed by atoms with E-state index >= 15 is 0 Å². The molecule has 0 bridgehead atoms. The lowest BCUT2D eigenvalue weighted by Crippen LogP contribution is -2.08. The molecule has 0 aromatic heterocycles. The van der Waals surface area contributed by atoms with Gasteiger partial charge in [-0.15, -0.1) is 0 Å². The molecule has 0 aliphatic carbocycles. The van der Waals surface area contributed by atoms with Gasteiger partial charge in [0.15, 0.2) is 11.5 Å². The predicted molar refractivity (Wildman–Crippen MR) is 107 cm³/mol. The highest BCUT2D eigenvalue weighted by molar-refractivity contribution is 5.60. The zero-order chi connectivity index (χ0) is 18.5. The Morgan fingerprint density at radius 1 is 0.615 bits per heavy atom. The molecule has 0 fully saturated rings. The number of para-hydroxylation sites is 2. The SMILES string of the molecule is Cc1c(C)c(CNc2ccccc2)c(O)c(O)c1CNc1ccccc1. The molecule has 134 valence electrons. The molecular weight excluding hydrogens is 324 g/mol. The Balaban J connectivity index is 1.82. The van der Waals surface area contributed by atoms with Crippen molar-refractivity contribution in [2.45, 2.75) is 26.9 Å². The summed E-state index contributed by atoms with van der Waals surface area (Å²) >= 11 is 0. The summed E-state index contributed by atoms with van der Waals surface area (Å²) in [6.07, 6.45) is 0. The number of anilines is 2. The van der Waals surface area contributed by atoms with E-state index in [4.69, 9.17) is 0 Å². The Kier molecular flexibility index (Phi) is 5.32. The zero-order valence-electron chi connectivity index (χ0n) is 15.1. The van der Waals surface area contributed by atoms with Crippen LogP contribution in [0.4, 0.5) is 11.4 Å². The first-order chi connectivity index (χ1) is 12.6. The fourth-order valence-corrected chi connectivity index (χ4v) is 3.02. The maximum atomic E-state index is 10.5. The van der Waals surface area contributed by atoms with Crippen molar-refractivity contribution in [1.29, 1.82) is 0 Å². The van der Waals surface area contributed by atoms with Gasteiger partial charge in [0.2, 0.25) is 0 Å². The molecular formula is C22H24N2O2. The summed E-state index contributed by atoms with van der Waals surface area (Å²) in [5.41, 5.74) is 5.33. The third-order valence-corrected chi connectivity index (χ3v) is 4.75. The molecule has 0 spiro atoms. The van der Waals surface area contributed by atoms with Gasteiger partial charge in [0.25, 0.3) is 0 Å². The molecule has 4 N–H and O–H groups in total. The van der Waals surface area contributed by atoms with E-state index in [2.05, 4.69) is 10.6 Å². The Bertz CT molecular complexity index is 774. The minimum atomic E-state index is -0.0543. The molecule has 0 aliphatic heterocycles. The standard InChI is InChI=1S/C22H24N2O2/c1-15-16(2)20(14-24-18-11-7-4-8-12-18)22(26)21(25)19(15)13-23-17-9-5-3-6-10-17/h3-12,23-26H,13-14H2,1-2H3. The molecule has 0 unspecified atom stereocenters. The molecule has 26 heavy (non-hydrogen) atoms. The summed E-state index contributed by atoms with van der Waals surface area (Å²) in [7, 11) is 0. The quantitative estimate of drug-likeness (QED) is 0.477. The highest BCUT2D eigenvalue weighted by atomic mass is 16.3. The lowest BCUT2D eigenvalue weighted by atomic mass is 9.95. The Morgan fingerprint density at radius 2 is 0.962 bits per heavy atom. The summed E-state index contributed by atoms with van der Waals surface area (Å²) < 4.78 is 0. The third kappa shape index (κ3) is 3.75. The van der Waals surface area contributed by atoms with Gasteiger partial charge >= 0.3 is 0 Å². The lowest BCUT2D eigenvalue weighted by Gasteiger charge is -2.19. The van der Waals surface area contributed by atoms with Crippen molar-refractivity contribution in [2.24, 2.45) is 0 Å². The molecule has 4 nitrogen and oxygen atoms in total. The van der Waals surface area contributed by atoms with Gasteiger partial charge in [-0.3, -0.25) is 0 Å². The molecule has 0 saturated heterocycles. The largest absolute Gasteiger partial charge is 0.504 e. The van der Waals surface area contributed by atoms with Crippen molar-refractivity contribution >= 4 is 11.4 Å². The normalized spacial score (nSPS) is 10.5. The van der Waals surface area contributed by atoms with Gasteiger partial charge in [-0.25, -0.2) is 0 Å². The highest BCUT2D eigenvalue weighted by Gasteiger charge is 2.18. The van der Waals surface area contributed by atoms with E-state index in [0.29, 0.717) is 24.2 Å². The maximum absolute atomic E-state index is 10.5. The Labute approximate surface area is 154 Å². The van der Waals surface area contributed by atoms with Crippen molar-refractivity contribution in [3.63, 3.8) is 0 Å². The molecule has 3 rings (SSSR count). The van der Waals surface area contributed by atoms with Crippen LogP contribution in [-0.2, 0) is 13.1 Å². The van der Waals surface area contributed by atoms with Crippen molar-refractivity contribution < 1.29 is 10.2 Å². The van der Waals surface area contributed by atoms with Crippen LogP contribution in [0.5, 0.6) is 11.5 Å². The average Bonchev–Trinajstić information content (AvgIpc) is 2.68. The first kappa shape index (κ1) is 17.7. The second-order valence-corrected chi connectivity index (χ2v) is 6.34. The molecule has 0 amide bonds. The number of hydrogen-bond donors (Lipinski definition) is 4. The van der Waals surface area contributed by atoms with Crippen LogP contribution in [0.1, 0.15) is 22.3 Å². The summed E-state index contributed by atoms with van der Waals surface area (Å²) in [4.78, 5) is 0. The van der Waals surface area contributed by atoms with Crippen LogP contribution in [-0.4, -0.2) is 10.2 Å². The minimum Gasteiger partial charge on any atom is -0.504 e. The summed E-state index contributed by atoms with van der Waals surface area (Å²) in [6, 6.07) is 19.6. The zero-order valence-corrected chi connectivity index (χ0v) is 15.1. The van der Waals surface area contributed by atoms with Crippen molar-refractivity contribution in [3.05, 3.63) is 82.9 Å². The summed E-state index contributed by atoms with van der Waals surface area (Å²) in [6.45, 7) is 4.84. The fraction of sp³-hybridized carbons (Fsp3) is 0.182. The summed E-state index contributed by atoms with van der Waals surface area (Å²) in [5.74, 6) is -0.109. The van der Waals surface area contributed by atoms with Crippen LogP contribution in [0.15, 0.2) is 60.7 Å². The predicted octanol–water partition coefficient (Wildman–Crippen LogP) is 4.94. The van der Waals surface area contributed by atoms with Gasteiger partial charge in [0.05, 0.1) is 0 Å². The van der Waals surface area contributed by atoms with Crippen LogP contribution >= 0.6 is 0 Å². The van der Waals surface area contributed by atoms with Gasteiger partial charge in [0, 0.05) is 35.6 Å². The van der Waals surface area contributed by atoms with Crippen LogP contribution in [0.3, 0.4) is 0 Å². The number of hydrogen-bond acceptors (Lipinski definition) is 4. The van der Waals surface area contributed by atoms with Crippen LogP contribution in [0.25, 0.3) is 0 Å². The molecule has 0 atom stereocenters. The average molecular weight is 348 g/mol. The molecule has 0 saturated carbocycles. The number of benzene rings is 3. The van der Waals surface area contributed by atoms with Gasteiger partial charge in [-0.1, -0.05) is 36.4 Å². The van der Waals surface area contributed by atoms with Crippen LogP contribution < -0.4 is 10.6 Å². The lowest BCUT2D eigenvalue weighted by molar-refractivity contribution is 0.395. The van der Waals surface area contributed by atoms with Crippen molar-refractivity contribution in [2.75, 3.05) is 10.6 Å². The number of aromatic hydroxyl groups is 2. The van der Waals surface area contributed by atoms with E-state index in [1.807, 2.05) is 74.5 Å². The molecule has 4 heteroatoms. The monoisotopic (exact) mass is 348 g/mol. The first-order valence-electron chi connectivity index (χ1n) is 8.68. The van der Waals surface area contributed by atoms with Crippen molar-refractivity contribution in [3.8, 4) is 11.5 Å².